The van der Waals surface area contributed by atoms with Gasteiger partial charge in [0.2, 0.25) is 0 Å². The van der Waals surface area contributed by atoms with Gasteiger partial charge in [0, 0.05) is 44.8 Å². The standard InChI is InChI=1S/C14H20N4O2/c1-17-6-5-16-14(17)11-18(7-8-19)10-12-9-13(20-2)3-4-15-12/h3-6,9,19H,7-8,10-11H2,1-2H3. The number of aliphatic hydroxyl groups excluding tert-OH is 1. The Balaban J connectivity index is 2.06. The summed E-state index contributed by atoms with van der Waals surface area (Å²) >= 11 is 0. The molecule has 2 heterocycles. The molecule has 2 rings (SSSR count). The van der Waals surface area contributed by atoms with E-state index in [-0.39, 0.29) is 6.61 Å². The van der Waals surface area contributed by atoms with E-state index in [0.29, 0.717) is 19.6 Å². The molecule has 0 aliphatic rings. The Morgan fingerprint density at radius 3 is 2.80 bits per heavy atom. The first-order valence-electron chi connectivity index (χ1n) is 6.51. The molecular weight excluding hydrogens is 256 g/mol. The van der Waals surface area contributed by atoms with Crippen LogP contribution in [0.5, 0.6) is 5.75 Å². The molecule has 0 aliphatic heterocycles. The molecular formula is C14H20N4O2. The van der Waals surface area contributed by atoms with Crippen molar-refractivity contribution in [2.24, 2.45) is 7.05 Å². The van der Waals surface area contributed by atoms with Crippen molar-refractivity contribution in [3.05, 3.63) is 42.2 Å². The van der Waals surface area contributed by atoms with E-state index < -0.39 is 0 Å². The minimum Gasteiger partial charge on any atom is -0.497 e. The molecule has 0 aromatic carbocycles. The second kappa shape index (κ2) is 7.02. The highest BCUT2D eigenvalue weighted by molar-refractivity contribution is 5.22. The van der Waals surface area contributed by atoms with Crippen molar-refractivity contribution in [3.8, 4) is 5.75 Å². The molecule has 0 amide bonds. The Morgan fingerprint density at radius 1 is 1.30 bits per heavy atom. The van der Waals surface area contributed by atoms with Gasteiger partial charge in [-0.25, -0.2) is 4.98 Å². The van der Waals surface area contributed by atoms with Crippen LogP contribution in [-0.2, 0) is 20.1 Å². The average Bonchev–Trinajstić information content (AvgIpc) is 2.85. The number of imidazole rings is 1. The average molecular weight is 276 g/mol. The summed E-state index contributed by atoms with van der Waals surface area (Å²) in [5, 5.41) is 9.20. The highest BCUT2D eigenvalue weighted by atomic mass is 16.5. The summed E-state index contributed by atoms with van der Waals surface area (Å²) in [7, 11) is 3.60. The number of aryl methyl sites for hydroxylation is 1. The van der Waals surface area contributed by atoms with Gasteiger partial charge in [-0.05, 0) is 6.07 Å². The summed E-state index contributed by atoms with van der Waals surface area (Å²) in [6, 6.07) is 3.72. The number of nitrogens with zero attached hydrogens (tertiary/aromatic N) is 4. The van der Waals surface area contributed by atoms with Gasteiger partial charge in [-0.1, -0.05) is 0 Å². The van der Waals surface area contributed by atoms with Crippen LogP contribution in [0.3, 0.4) is 0 Å². The molecule has 1 N–H and O–H groups in total. The maximum absolute atomic E-state index is 9.20. The topological polar surface area (TPSA) is 63.4 Å². The quantitative estimate of drug-likeness (QED) is 0.811. The first-order chi connectivity index (χ1) is 9.72. The lowest BCUT2D eigenvalue weighted by Gasteiger charge is -2.20. The number of hydrogen-bond acceptors (Lipinski definition) is 5. The van der Waals surface area contributed by atoms with E-state index in [4.69, 9.17) is 4.74 Å². The zero-order valence-corrected chi connectivity index (χ0v) is 11.9. The summed E-state index contributed by atoms with van der Waals surface area (Å²) in [6.07, 6.45) is 5.42. The number of aliphatic hydroxyl groups is 1. The lowest BCUT2D eigenvalue weighted by atomic mass is 10.3. The SMILES string of the molecule is COc1ccnc(CN(CCO)Cc2nccn2C)c1. The van der Waals surface area contributed by atoms with E-state index in [1.165, 1.54) is 0 Å². The summed E-state index contributed by atoms with van der Waals surface area (Å²) in [5.41, 5.74) is 0.909. The van der Waals surface area contributed by atoms with Gasteiger partial charge in [-0.15, -0.1) is 0 Å². The maximum Gasteiger partial charge on any atom is 0.122 e. The monoisotopic (exact) mass is 276 g/mol. The summed E-state index contributed by atoms with van der Waals surface area (Å²) in [6.45, 7) is 1.99. The van der Waals surface area contributed by atoms with E-state index in [2.05, 4.69) is 14.9 Å². The molecule has 0 radical (unpaired) electrons. The zero-order chi connectivity index (χ0) is 14.4. The van der Waals surface area contributed by atoms with Crippen molar-refractivity contribution >= 4 is 0 Å². The van der Waals surface area contributed by atoms with E-state index >= 15 is 0 Å². The summed E-state index contributed by atoms with van der Waals surface area (Å²) in [4.78, 5) is 10.7. The third-order valence-corrected chi connectivity index (χ3v) is 3.11. The van der Waals surface area contributed by atoms with E-state index in [0.717, 1.165) is 17.3 Å². The van der Waals surface area contributed by atoms with E-state index in [1.807, 2.05) is 29.9 Å². The summed E-state index contributed by atoms with van der Waals surface area (Å²) in [5.74, 6) is 1.75. The molecule has 0 saturated carbocycles. The number of hydrogen-bond donors (Lipinski definition) is 1. The second-order valence-corrected chi connectivity index (χ2v) is 4.58. The molecule has 0 spiro atoms. The number of aromatic nitrogens is 3. The minimum atomic E-state index is 0.106. The first kappa shape index (κ1) is 14.5. The van der Waals surface area contributed by atoms with Crippen LogP contribution in [0.4, 0.5) is 0 Å². The largest absolute Gasteiger partial charge is 0.497 e. The van der Waals surface area contributed by atoms with Gasteiger partial charge in [-0.3, -0.25) is 9.88 Å². The predicted octanol–water partition coefficient (Wildman–Crippen LogP) is 0.818. The fourth-order valence-corrected chi connectivity index (χ4v) is 2.00. The van der Waals surface area contributed by atoms with Gasteiger partial charge >= 0.3 is 0 Å². The van der Waals surface area contributed by atoms with Crippen molar-refractivity contribution in [1.82, 2.24) is 19.4 Å². The van der Waals surface area contributed by atoms with Crippen molar-refractivity contribution in [1.29, 1.82) is 0 Å². The van der Waals surface area contributed by atoms with Crippen LogP contribution in [0.2, 0.25) is 0 Å². The molecule has 108 valence electrons. The molecule has 0 fully saturated rings. The molecule has 0 aliphatic carbocycles. The zero-order valence-electron chi connectivity index (χ0n) is 11.9. The first-order valence-corrected chi connectivity index (χ1v) is 6.51. The minimum absolute atomic E-state index is 0.106. The van der Waals surface area contributed by atoms with Crippen LogP contribution < -0.4 is 4.74 Å². The van der Waals surface area contributed by atoms with Crippen LogP contribution in [0, 0.1) is 0 Å². The van der Waals surface area contributed by atoms with Crippen LogP contribution in [-0.4, -0.2) is 44.8 Å². The van der Waals surface area contributed by atoms with Gasteiger partial charge in [0.05, 0.1) is 26.0 Å². The van der Waals surface area contributed by atoms with Crippen LogP contribution in [0.1, 0.15) is 11.5 Å². The normalized spacial score (nSPS) is 11.0. The third kappa shape index (κ3) is 3.79. The number of rotatable bonds is 7. The van der Waals surface area contributed by atoms with Gasteiger partial charge in [0.25, 0.3) is 0 Å². The fraction of sp³-hybridized carbons (Fsp3) is 0.429. The molecule has 6 heteroatoms. The molecule has 6 nitrogen and oxygen atoms in total. The van der Waals surface area contributed by atoms with Gasteiger partial charge < -0.3 is 14.4 Å². The Hall–Kier alpha value is -1.92. The third-order valence-electron chi connectivity index (χ3n) is 3.11. The van der Waals surface area contributed by atoms with Crippen LogP contribution >= 0.6 is 0 Å². The molecule has 0 atom stereocenters. The van der Waals surface area contributed by atoms with Gasteiger partial charge in [0.1, 0.15) is 11.6 Å². The lowest BCUT2D eigenvalue weighted by molar-refractivity contribution is 0.178. The molecule has 0 saturated heterocycles. The van der Waals surface area contributed by atoms with E-state index in [9.17, 15) is 5.11 Å². The molecule has 0 unspecified atom stereocenters. The summed E-state index contributed by atoms with van der Waals surface area (Å²) < 4.78 is 7.17. The Labute approximate surface area is 118 Å². The maximum atomic E-state index is 9.20. The van der Waals surface area contributed by atoms with Crippen molar-refractivity contribution in [2.45, 2.75) is 13.1 Å². The van der Waals surface area contributed by atoms with Crippen molar-refractivity contribution in [3.63, 3.8) is 0 Å². The smallest absolute Gasteiger partial charge is 0.122 e. The van der Waals surface area contributed by atoms with Crippen LogP contribution in [0.25, 0.3) is 0 Å². The second-order valence-electron chi connectivity index (χ2n) is 4.58. The van der Waals surface area contributed by atoms with Gasteiger partial charge in [0.15, 0.2) is 0 Å². The molecule has 2 aromatic rings. The Kier molecular flexibility index (Phi) is 5.09. The van der Waals surface area contributed by atoms with Crippen molar-refractivity contribution in [2.75, 3.05) is 20.3 Å². The molecule has 20 heavy (non-hydrogen) atoms. The fourth-order valence-electron chi connectivity index (χ4n) is 2.00. The molecule has 2 aromatic heterocycles. The highest BCUT2D eigenvalue weighted by Gasteiger charge is 2.10. The number of pyridine rings is 1. The van der Waals surface area contributed by atoms with Crippen molar-refractivity contribution < 1.29 is 9.84 Å². The highest BCUT2D eigenvalue weighted by Crippen LogP contribution is 2.13. The Bertz CT molecular complexity index is 541. The number of methoxy groups -OCH3 is 1. The predicted molar refractivity (Wildman–Crippen MR) is 75.2 cm³/mol. The Morgan fingerprint density at radius 2 is 2.15 bits per heavy atom. The van der Waals surface area contributed by atoms with E-state index in [1.54, 1.807) is 19.5 Å². The van der Waals surface area contributed by atoms with Crippen LogP contribution in [0.15, 0.2) is 30.7 Å². The number of ether oxygens (including phenoxy) is 1. The lowest BCUT2D eigenvalue weighted by Crippen LogP contribution is -2.27. The molecule has 0 bridgehead atoms. The van der Waals surface area contributed by atoms with Gasteiger partial charge in [-0.2, -0.15) is 0 Å².